The average Bonchev–Trinajstić information content (AvgIpc) is 2.97. The lowest BCUT2D eigenvalue weighted by Crippen LogP contribution is -2.15. The van der Waals surface area contributed by atoms with Crippen LogP contribution in [0.3, 0.4) is 0 Å². The van der Waals surface area contributed by atoms with E-state index in [9.17, 15) is 4.79 Å². The highest BCUT2D eigenvalue weighted by molar-refractivity contribution is 5.96. The van der Waals surface area contributed by atoms with Crippen molar-refractivity contribution in [3.8, 4) is 0 Å². The summed E-state index contributed by atoms with van der Waals surface area (Å²) in [5, 5.41) is 4.94. The van der Waals surface area contributed by atoms with Gasteiger partial charge in [-0.1, -0.05) is 18.2 Å². The Morgan fingerprint density at radius 1 is 1.08 bits per heavy atom. The van der Waals surface area contributed by atoms with Crippen LogP contribution in [0.5, 0.6) is 0 Å². The summed E-state index contributed by atoms with van der Waals surface area (Å²) in [6.07, 6.45) is 2.18. The number of rotatable bonds is 3. The number of carbonyl (C=O) groups excluding carboxylic acids is 1. The molecule has 25 heavy (non-hydrogen) atoms. The van der Waals surface area contributed by atoms with Gasteiger partial charge in [-0.05, 0) is 49.2 Å². The Balaban J connectivity index is 1.57. The number of pyridine rings is 2. The molecular formula is C20H18N4O. The zero-order valence-corrected chi connectivity index (χ0v) is 14.1. The van der Waals surface area contributed by atoms with Crippen LogP contribution in [0.2, 0.25) is 0 Å². The Morgan fingerprint density at radius 2 is 1.92 bits per heavy atom. The lowest BCUT2D eigenvalue weighted by atomic mass is 10.1. The molecule has 2 N–H and O–H groups in total. The molecule has 124 valence electrons. The number of aryl methyl sites for hydroxylation is 2. The summed E-state index contributed by atoms with van der Waals surface area (Å²) in [5.41, 5.74) is 4.71. The minimum Gasteiger partial charge on any atom is -0.361 e. The third kappa shape index (κ3) is 2.96. The number of carbonyl (C=O) groups is 1. The quantitative estimate of drug-likeness (QED) is 0.598. The summed E-state index contributed by atoms with van der Waals surface area (Å²) >= 11 is 0. The van der Waals surface area contributed by atoms with Crippen LogP contribution in [0, 0.1) is 13.8 Å². The van der Waals surface area contributed by atoms with E-state index < -0.39 is 0 Å². The van der Waals surface area contributed by atoms with Crippen LogP contribution >= 0.6 is 0 Å². The van der Waals surface area contributed by atoms with Crippen LogP contribution < -0.4 is 5.32 Å². The first kappa shape index (κ1) is 15.3. The molecule has 4 rings (SSSR count). The van der Waals surface area contributed by atoms with E-state index in [0.29, 0.717) is 17.9 Å². The first-order valence-electron chi connectivity index (χ1n) is 8.20. The predicted octanol–water partition coefficient (Wildman–Crippen LogP) is 3.91. The van der Waals surface area contributed by atoms with E-state index in [2.05, 4.69) is 20.3 Å². The molecule has 0 atom stereocenters. The van der Waals surface area contributed by atoms with Crippen molar-refractivity contribution in [1.29, 1.82) is 0 Å². The summed E-state index contributed by atoms with van der Waals surface area (Å²) < 4.78 is 0. The fourth-order valence-corrected chi connectivity index (χ4v) is 3.14. The third-order valence-corrected chi connectivity index (χ3v) is 4.30. The summed E-state index contributed by atoms with van der Waals surface area (Å²) in [6, 6.07) is 13.7. The van der Waals surface area contributed by atoms with E-state index in [0.717, 1.165) is 33.1 Å². The Morgan fingerprint density at radius 3 is 2.80 bits per heavy atom. The highest BCUT2D eigenvalue weighted by Crippen LogP contribution is 2.20. The Labute approximate surface area is 145 Å². The fourth-order valence-electron chi connectivity index (χ4n) is 3.14. The predicted molar refractivity (Wildman–Crippen MR) is 99.6 cm³/mol. The minimum atomic E-state index is -0.0963. The second kappa shape index (κ2) is 6.02. The number of nitrogens with zero attached hydrogens (tertiary/aromatic N) is 2. The minimum absolute atomic E-state index is 0.0963. The molecule has 0 radical (unpaired) electrons. The third-order valence-electron chi connectivity index (χ3n) is 4.30. The van der Waals surface area contributed by atoms with Gasteiger partial charge in [0.15, 0.2) is 5.65 Å². The van der Waals surface area contributed by atoms with Gasteiger partial charge in [0.25, 0.3) is 0 Å². The van der Waals surface area contributed by atoms with E-state index in [-0.39, 0.29) is 5.91 Å². The van der Waals surface area contributed by atoms with E-state index in [1.807, 2.05) is 62.5 Å². The second-order valence-electron chi connectivity index (χ2n) is 6.23. The summed E-state index contributed by atoms with van der Waals surface area (Å²) in [4.78, 5) is 24.5. The summed E-state index contributed by atoms with van der Waals surface area (Å²) in [7, 11) is 0. The Bertz CT molecular complexity index is 1100. The summed E-state index contributed by atoms with van der Waals surface area (Å²) in [6.45, 7) is 3.98. The molecule has 0 spiro atoms. The molecule has 0 bridgehead atoms. The fraction of sp³-hybridized carbons (Fsp3) is 0.150. The Hall–Kier alpha value is -3.21. The van der Waals surface area contributed by atoms with Gasteiger partial charge in [0.05, 0.1) is 6.42 Å². The second-order valence-corrected chi connectivity index (χ2v) is 6.23. The highest BCUT2D eigenvalue weighted by atomic mass is 16.1. The molecule has 0 aliphatic carbocycles. The van der Waals surface area contributed by atoms with Crippen molar-refractivity contribution in [2.45, 2.75) is 20.3 Å². The van der Waals surface area contributed by atoms with Gasteiger partial charge >= 0.3 is 0 Å². The van der Waals surface area contributed by atoms with E-state index in [4.69, 9.17) is 0 Å². The molecule has 1 aromatic carbocycles. The van der Waals surface area contributed by atoms with Crippen LogP contribution in [0.1, 0.15) is 16.8 Å². The number of aromatic amines is 1. The lowest BCUT2D eigenvalue weighted by Gasteiger charge is -2.07. The molecule has 3 heterocycles. The molecule has 3 aromatic heterocycles. The largest absolute Gasteiger partial charge is 0.361 e. The summed E-state index contributed by atoms with van der Waals surface area (Å²) in [5.74, 6) is 0.427. The smallest absolute Gasteiger partial charge is 0.230 e. The van der Waals surface area contributed by atoms with Crippen molar-refractivity contribution in [1.82, 2.24) is 15.0 Å². The van der Waals surface area contributed by atoms with Crippen molar-refractivity contribution < 1.29 is 4.79 Å². The van der Waals surface area contributed by atoms with Crippen molar-refractivity contribution >= 4 is 33.7 Å². The molecule has 0 fully saturated rings. The number of para-hydroxylation sites is 1. The van der Waals surface area contributed by atoms with Gasteiger partial charge < -0.3 is 10.3 Å². The van der Waals surface area contributed by atoms with Crippen molar-refractivity contribution in [3.63, 3.8) is 0 Å². The number of anilines is 1. The van der Waals surface area contributed by atoms with Crippen LogP contribution in [0.15, 0.2) is 48.7 Å². The molecule has 5 nitrogen and oxygen atoms in total. The maximum absolute atomic E-state index is 12.4. The first-order valence-corrected chi connectivity index (χ1v) is 8.20. The van der Waals surface area contributed by atoms with Crippen molar-refractivity contribution in [3.05, 3.63) is 65.5 Å². The average molecular weight is 330 g/mol. The van der Waals surface area contributed by atoms with Crippen LogP contribution in [0.4, 0.5) is 5.82 Å². The SMILES string of the molecule is Cc1cc(C)c2ccc(NC(=O)Cc3c[nH]c4ccccc34)nc2n1. The monoisotopic (exact) mass is 330 g/mol. The van der Waals surface area contributed by atoms with Crippen LogP contribution in [-0.2, 0) is 11.2 Å². The zero-order chi connectivity index (χ0) is 17.4. The normalized spacial score (nSPS) is 11.1. The van der Waals surface area contributed by atoms with E-state index in [1.165, 1.54) is 0 Å². The van der Waals surface area contributed by atoms with Crippen LogP contribution in [0.25, 0.3) is 21.9 Å². The highest BCUT2D eigenvalue weighted by Gasteiger charge is 2.10. The molecule has 1 amide bonds. The van der Waals surface area contributed by atoms with Gasteiger partial charge in [0, 0.05) is 28.2 Å². The Kier molecular flexibility index (Phi) is 3.69. The number of hydrogen-bond donors (Lipinski definition) is 2. The van der Waals surface area contributed by atoms with Gasteiger partial charge in [-0.3, -0.25) is 4.79 Å². The molecule has 0 saturated heterocycles. The van der Waals surface area contributed by atoms with Gasteiger partial charge in [-0.25, -0.2) is 9.97 Å². The number of fused-ring (bicyclic) bond motifs is 2. The van der Waals surface area contributed by atoms with Gasteiger partial charge in [0.2, 0.25) is 5.91 Å². The van der Waals surface area contributed by atoms with Gasteiger partial charge in [0.1, 0.15) is 5.82 Å². The number of aromatic nitrogens is 3. The molecule has 0 aliphatic heterocycles. The number of amides is 1. The molecule has 0 unspecified atom stereocenters. The number of nitrogens with one attached hydrogen (secondary N) is 2. The zero-order valence-electron chi connectivity index (χ0n) is 14.1. The topological polar surface area (TPSA) is 70.7 Å². The molecule has 0 saturated carbocycles. The maximum atomic E-state index is 12.4. The molecular weight excluding hydrogens is 312 g/mol. The molecule has 4 aromatic rings. The first-order chi connectivity index (χ1) is 12.1. The van der Waals surface area contributed by atoms with Crippen LogP contribution in [-0.4, -0.2) is 20.9 Å². The standard InChI is InChI=1S/C20H18N4O/c1-12-9-13(2)22-20-15(12)7-8-18(24-20)23-19(25)10-14-11-21-17-6-4-3-5-16(14)17/h3-9,11,21H,10H2,1-2H3,(H,22,23,24,25). The number of hydrogen-bond acceptors (Lipinski definition) is 3. The molecule has 5 heteroatoms. The van der Waals surface area contributed by atoms with Gasteiger partial charge in [-0.15, -0.1) is 0 Å². The van der Waals surface area contributed by atoms with Crippen molar-refractivity contribution in [2.24, 2.45) is 0 Å². The molecule has 0 aliphatic rings. The van der Waals surface area contributed by atoms with E-state index in [1.54, 1.807) is 0 Å². The van der Waals surface area contributed by atoms with Crippen molar-refractivity contribution in [2.75, 3.05) is 5.32 Å². The van der Waals surface area contributed by atoms with Gasteiger partial charge in [-0.2, -0.15) is 0 Å². The lowest BCUT2D eigenvalue weighted by molar-refractivity contribution is -0.115. The number of H-pyrrole nitrogens is 1. The van der Waals surface area contributed by atoms with E-state index >= 15 is 0 Å². The number of benzene rings is 1. The maximum Gasteiger partial charge on any atom is 0.230 e.